The number of rotatable bonds is 3. The second-order valence-corrected chi connectivity index (χ2v) is 4.17. The first kappa shape index (κ1) is 13.9. The quantitative estimate of drug-likeness (QED) is 0.332. The average molecular weight is 277 g/mol. The van der Waals surface area contributed by atoms with E-state index < -0.39 is 29.6 Å². The third-order valence-corrected chi connectivity index (χ3v) is 3.02. The molecule has 0 unspecified atom stereocenters. The lowest BCUT2D eigenvalue weighted by Gasteiger charge is -2.14. The zero-order chi connectivity index (χ0) is 14.7. The molecule has 2 rings (SSSR count). The zero-order valence-corrected chi connectivity index (χ0v) is 10.3. The highest BCUT2D eigenvalue weighted by molar-refractivity contribution is 5.26. The molecule has 9 nitrogen and oxygen atoms in total. The molecule has 0 spiro atoms. The number of hydrogen-bond donors (Lipinski definition) is 2. The number of hydrogen-bond acceptors (Lipinski definition) is 5. The van der Waals surface area contributed by atoms with Crippen LogP contribution in [-0.2, 0) is 4.74 Å². The Labute approximate surface area is 112 Å². The number of ether oxygens (including phenoxy) is 1. The van der Waals surface area contributed by atoms with Crippen molar-refractivity contribution in [1.29, 1.82) is 0 Å². The summed E-state index contributed by atoms with van der Waals surface area (Å²) < 4.78 is 6.56. The number of aromatic nitrogens is 2. The molecule has 0 aliphatic carbocycles. The first-order chi connectivity index (χ1) is 9.60. The molecule has 1 aromatic heterocycles. The maximum atomic E-state index is 11.7. The second-order valence-electron chi connectivity index (χ2n) is 4.17. The van der Waals surface area contributed by atoms with Gasteiger partial charge in [-0.2, -0.15) is 0 Å². The van der Waals surface area contributed by atoms with E-state index in [9.17, 15) is 9.59 Å². The summed E-state index contributed by atoms with van der Waals surface area (Å²) in [7, 11) is 0. The van der Waals surface area contributed by atoms with Gasteiger partial charge < -0.3 is 9.84 Å². The van der Waals surface area contributed by atoms with E-state index in [0.29, 0.717) is 0 Å². The van der Waals surface area contributed by atoms with Crippen molar-refractivity contribution in [1.82, 2.24) is 9.55 Å². The zero-order valence-electron chi connectivity index (χ0n) is 10.3. The summed E-state index contributed by atoms with van der Waals surface area (Å²) in [5, 5.41) is 12.7. The molecule has 2 heterocycles. The van der Waals surface area contributed by atoms with Crippen molar-refractivity contribution >= 4 is 0 Å². The van der Waals surface area contributed by atoms with Crippen LogP contribution in [0.15, 0.2) is 20.9 Å². The second kappa shape index (κ2) is 5.63. The van der Waals surface area contributed by atoms with Crippen LogP contribution in [0, 0.1) is 12.3 Å². The normalized spacial score (nSPS) is 24.9. The maximum Gasteiger partial charge on any atom is 0.330 e. The standard InChI is InChI=1S/C11H11N5O4/c1-2-6-4-16(11(19)13-10(6)18)9-3-7(14-15-12)8(5-17)20-9/h1,4,7-9,17H,3,5H2,(H,13,18,19)/t7-,8-,9-/m1/s1. The number of aromatic amines is 1. The maximum absolute atomic E-state index is 11.7. The van der Waals surface area contributed by atoms with Gasteiger partial charge in [0, 0.05) is 17.5 Å². The lowest BCUT2D eigenvalue weighted by molar-refractivity contribution is -0.0271. The smallest absolute Gasteiger partial charge is 0.330 e. The minimum absolute atomic E-state index is 0.0130. The first-order valence-electron chi connectivity index (χ1n) is 5.73. The fourth-order valence-corrected chi connectivity index (χ4v) is 2.04. The summed E-state index contributed by atoms with van der Waals surface area (Å²) in [5.41, 5.74) is 7.10. The molecule has 3 atom stereocenters. The molecule has 0 bridgehead atoms. The van der Waals surface area contributed by atoms with E-state index in [4.69, 9.17) is 21.8 Å². The molecule has 0 aromatic carbocycles. The summed E-state index contributed by atoms with van der Waals surface area (Å²) in [6.45, 7) is -0.347. The van der Waals surface area contributed by atoms with Crippen LogP contribution < -0.4 is 11.2 Å². The van der Waals surface area contributed by atoms with Crippen molar-refractivity contribution in [3.63, 3.8) is 0 Å². The van der Waals surface area contributed by atoms with Gasteiger partial charge in [-0.25, -0.2) is 4.79 Å². The molecule has 20 heavy (non-hydrogen) atoms. The average Bonchev–Trinajstić information content (AvgIpc) is 2.82. The van der Waals surface area contributed by atoms with E-state index in [2.05, 4.69) is 20.9 Å². The van der Waals surface area contributed by atoms with Gasteiger partial charge in [0.25, 0.3) is 5.56 Å². The minimum atomic E-state index is -0.765. The fourth-order valence-electron chi connectivity index (χ4n) is 2.04. The van der Waals surface area contributed by atoms with Crippen LogP contribution in [-0.4, -0.2) is 33.4 Å². The van der Waals surface area contributed by atoms with Crippen LogP contribution >= 0.6 is 0 Å². The van der Waals surface area contributed by atoms with Crippen LogP contribution in [0.25, 0.3) is 10.4 Å². The van der Waals surface area contributed by atoms with E-state index in [1.54, 1.807) is 0 Å². The fraction of sp³-hybridized carbons (Fsp3) is 0.455. The highest BCUT2D eigenvalue weighted by atomic mass is 16.5. The lowest BCUT2D eigenvalue weighted by atomic mass is 10.1. The van der Waals surface area contributed by atoms with Crippen molar-refractivity contribution in [3.05, 3.63) is 43.0 Å². The largest absolute Gasteiger partial charge is 0.394 e. The van der Waals surface area contributed by atoms with Gasteiger partial charge in [0.15, 0.2) is 0 Å². The predicted molar refractivity (Wildman–Crippen MR) is 67.8 cm³/mol. The molecule has 1 fully saturated rings. The molecule has 1 aliphatic heterocycles. The van der Waals surface area contributed by atoms with Crippen molar-refractivity contribution < 1.29 is 9.84 Å². The Bertz CT molecular complexity index is 709. The highest BCUT2D eigenvalue weighted by Crippen LogP contribution is 2.29. The Hall–Kier alpha value is -2.53. The molecular weight excluding hydrogens is 266 g/mol. The van der Waals surface area contributed by atoms with Crippen LogP contribution in [0.3, 0.4) is 0 Å². The van der Waals surface area contributed by atoms with E-state index in [1.165, 1.54) is 6.20 Å². The van der Waals surface area contributed by atoms with Crippen molar-refractivity contribution in [3.8, 4) is 12.3 Å². The molecule has 0 radical (unpaired) electrons. The molecule has 0 saturated carbocycles. The van der Waals surface area contributed by atoms with Crippen molar-refractivity contribution in [2.45, 2.75) is 24.8 Å². The molecule has 104 valence electrons. The van der Waals surface area contributed by atoms with Crippen LogP contribution in [0.4, 0.5) is 0 Å². The van der Waals surface area contributed by atoms with E-state index in [0.717, 1.165) is 4.57 Å². The third-order valence-electron chi connectivity index (χ3n) is 3.02. The number of aliphatic hydroxyl groups is 1. The molecule has 2 N–H and O–H groups in total. The van der Waals surface area contributed by atoms with Gasteiger partial charge in [0.05, 0.1) is 18.8 Å². The Morgan fingerprint density at radius 1 is 1.70 bits per heavy atom. The predicted octanol–water partition coefficient (Wildman–Crippen LogP) is -0.523. The Morgan fingerprint density at radius 3 is 3.05 bits per heavy atom. The Balaban J connectivity index is 2.39. The number of nitrogens with zero attached hydrogens (tertiary/aromatic N) is 4. The number of azide groups is 1. The molecule has 1 aromatic rings. The molecule has 0 amide bonds. The Morgan fingerprint density at radius 2 is 2.45 bits per heavy atom. The molecular formula is C11H11N5O4. The number of aliphatic hydroxyl groups excluding tert-OH is 1. The van der Waals surface area contributed by atoms with Gasteiger partial charge in [-0.05, 0) is 5.53 Å². The van der Waals surface area contributed by atoms with Crippen LogP contribution in [0.5, 0.6) is 0 Å². The van der Waals surface area contributed by atoms with Gasteiger partial charge in [-0.15, -0.1) is 6.42 Å². The van der Waals surface area contributed by atoms with Gasteiger partial charge >= 0.3 is 5.69 Å². The van der Waals surface area contributed by atoms with Gasteiger partial charge in [0.2, 0.25) is 0 Å². The summed E-state index contributed by atoms with van der Waals surface area (Å²) in [4.78, 5) is 27.9. The monoisotopic (exact) mass is 277 g/mol. The van der Waals surface area contributed by atoms with E-state index >= 15 is 0 Å². The van der Waals surface area contributed by atoms with Gasteiger partial charge in [-0.1, -0.05) is 11.0 Å². The van der Waals surface area contributed by atoms with Crippen LogP contribution in [0.2, 0.25) is 0 Å². The van der Waals surface area contributed by atoms with Crippen LogP contribution in [0.1, 0.15) is 18.2 Å². The molecule has 1 saturated heterocycles. The SMILES string of the molecule is C#Cc1cn([C@H]2C[C@@H](N=[N+]=[N-])[C@@H](CO)O2)c(=O)[nH]c1=O. The summed E-state index contributed by atoms with van der Waals surface area (Å²) in [5.74, 6) is 2.16. The Kier molecular flexibility index (Phi) is 3.91. The minimum Gasteiger partial charge on any atom is -0.394 e. The number of nitrogens with one attached hydrogen (secondary N) is 1. The summed E-state index contributed by atoms with van der Waals surface area (Å²) in [6.07, 6.45) is 5.10. The van der Waals surface area contributed by atoms with E-state index in [1.807, 2.05) is 0 Å². The lowest BCUT2D eigenvalue weighted by Crippen LogP contribution is -2.33. The van der Waals surface area contributed by atoms with Crippen molar-refractivity contribution in [2.75, 3.05) is 6.61 Å². The number of H-pyrrole nitrogens is 1. The van der Waals surface area contributed by atoms with Gasteiger partial charge in [-0.3, -0.25) is 14.3 Å². The first-order valence-corrected chi connectivity index (χ1v) is 5.73. The van der Waals surface area contributed by atoms with Gasteiger partial charge in [0.1, 0.15) is 11.8 Å². The summed E-state index contributed by atoms with van der Waals surface area (Å²) in [6, 6.07) is -0.594. The highest BCUT2D eigenvalue weighted by Gasteiger charge is 2.35. The summed E-state index contributed by atoms with van der Waals surface area (Å²) >= 11 is 0. The molecule has 1 aliphatic rings. The topological polar surface area (TPSA) is 133 Å². The number of terminal acetylenes is 1. The van der Waals surface area contributed by atoms with Crippen molar-refractivity contribution in [2.24, 2.45) is 5.11 Å². The molecule has 9 heteroatoms. The van der Waals surface area contributed by atoms with E-state index in [-0.39, 0.29) is 18.6 Å². The third kappa shape index (κ3) is 2.44.